The van der Waals surface area contributed by atoms with E-state index in [9.17, 15) is 14.0 Å². The van der Waals surface area contributed by atoms with Gasteiger partial charge in [-0.15, -0.1) is 10.2 Å². The van der Waals surface area contributed by atoms with Crippen LogP contribution in [-0.2, 0) is 11.3 Å². The number of hydrogen-bond donors (Lipinski definition) is 0. The van der Waals surface area contributed by atoms with Gasteiger partial charge in [0, 0.05) is 43.9 Å². The molecule has 0 N–H and O–H groups in total. The Labute approximate surface area is 244 Å². The molecule has 0 atom stereocenters. The third-order valence-corrected chi connectivity index (χ3v) is 7.19. The predicted molar refractivity (Wildman–Crippen MR) is 157 cm³/mol. The molecule has 1 fully saturated rings. The predicted octanol–water partition coefficient (Wildman–Crippen LogP) is 4.29. The van der Waals surface area contributed by atoms with Crippen LogP contribution in [0.2, 0.25) is 0 Å². The molecule has 10 heteroatoms. The van der Waals surface area contributed by atoms with Gasteiger partial charge in [0.1, 0.15) is 12.4 Å². The van der Waals surface area contributed by atoms with Crippen molar-refractivity contribution in [2.75, 3.05) is 51.8 Å². The molecule has 1 aliphatic rings. The van der Waals surface area contributed by atoms with Gasteiger partial charge >= 0.3 is 0 Å². The van der Waals surface area contributed by atoms with Gasteiger partial charge in [0.05, 0.1) is 19.9 Å². The summed E-state index contributed by atoms with van der Waals surface area (Å²) < 4.78 is 24.5. The van der Waals surface area contributed by atoms with Gasteiger partial charge in [-0.1, -0.05) is 36.4 Å². The van der Waals surface area contributed by atoms with E-state index in [2.05, 4.69) is 15.1 Å². The maximum absolute atomic E-state index is 13.8. The first kappa shape index (κ1) is 28.5. The molecule has 4 aromatic rings. The number of anilines is 1. The number of methoxy groups -OCH3 is 2. The Kier molecular flexibility index (Phi) is 8.91. The van der Waals surface area contributed by atoms with Crippen molar-refractivity contribution in [1.82, 2.24) is 20.0 Å². The van der Waals surface area contributed by atoms with Crippen LogP contribution in [0.5, 0.6) is 11.5 Å². The summed E-state index contributed by atoms with van der Waals surface area (Å²) in [6.07, 6.45) is 0. The molecule has 42 heavy (non-hydrogen) atoms. The van der Waals surface area contributed by atoms with E-state index < -0.39 is 11.7 Å². The molecule has 3 aromatic carbocycles. The third-order valence-electron chi connectivity index (χ3n) is 7.19. The van der Waals surface area contributed by atoms with E-state index in [0.717, 1.165) is 16.9 Å². The fourth-order valence-electron chi connectivity index (χ4n) is 4.90. The molecule has 1 aromatic heterocycles. The normalized spacial score (nSPS) is 13.0. The van der Waals surface area contributed by atoms with E-state index in [0.29, 0.717) is 43.4 Å². The Bertz CT molecular complexity index is 1530. The van der Waals surface area contributed by atoms with Gasteiger partial charge in [-0.25, -0.2) is 4.39 Å². The van der Waals surface area contributed by atoms with Crippen LogP contribution in [0, 0.1) is 5.82 Å². The zero-order chi connectivity index (χ0) is 29.5. The second-order valence-corrected chi connectivity index (χ2v) is 9.87. The Morgan fingerprint density at radius 1 is 0.833 bits per heavy atom. The maximum atomic E-state index is 13.8. The molecule has 0 radical (unpaired) electrons. The number of nitrogens with zero attached hydrogens (tertiary/aromatic N) is 5. The number of carbonyl (C=O) groups is 2. The summed E-state index contributed by atoms with van der Waals surface area (Å²) in [6.45, 7) is 2.24. The van der Waals surface area contributed by atoms with E-state index in [4.69, 9.17) is 9.47 Å². The van der Waals surface area contributed by atoms with Gasteiger partial charge in [-0.3, -0.25) is 9.59 Å². The lowest BCUT2D eigenvalue weighted by atomic mass is 10.1. The minimum atomic E-state index is -0.497. The summed E-state index contributed by atoms with van der Waals surface area (Å²) in [6, 6.07) is 24.4. The highest BCUT2D eigenvalue weighted by atomic mass is 19.1. The fraction of sp³-hybridized carbons (Fsp3) is 0.250. The third kappa shape index (κ3) is 6.65. The molecular weight excluding hydrogens is 537 g/mol. The minimum absolute atomic E-state index is 0.107. The number of halogens is 1. The highest BCUT2D eigenvalue weighted by Gasteiger charge is 2.26. The number of rotatable bonds is 9. The largest absolute Gasteiger partial charge is 0.493 e. The summed E-state index contributed by atoms with van der Waals surface area (Å²) in [4.78, 5) is 31.9. The van der Waals surface area contributed by atoms with Crippen molar-refractivity contribution in [1.29, 1.82) is 0 Å². The van der Waals surface area contributed by atoms with Crippen LogP contribution >= 0.6 is 0 Å². The van der Waals surface area contributed by atoms with Crippen molar-refractivity contribution < 1.29 is 23.5 Å². The molecule has 0 unspecified atom stereocenters. The van der Waals surface area contributed by atoms with E-state index >= 15 is 0 Å². The summed E-state index contributed by atoms with van der Waals surface area (Å²) in [7, 11) is 3.18. The molecule has 0 spiro atoms. The van der Waals surface area contributed by atoms with Crippen LogP contribution in [0.4, 0.5) is 10.2 Å². The highest BCUT2D eigenvalue weighted by Crippen LogP contribution is 2.31. The lowest BCUT2D eigenvalue weighted by Crippen LogP contribution is -2.52. The summed E-state index contributed by atoms with van der Waals surface area (Å²) >= 11 is 0. The fourth-order valence-corrected chi connectivity index (χ4v) is 4.90. The number of carbonyl (C=O) groups excluding carboxylic acids is 2. The van der Waals surface area contributed by atoms with Crippen molar-refractivity contribution >= 4 is 17.6 Å². The summed E-state index contributed by atoms with van der Waals surface area (Å²) in [5.41, 5.74) is 2.65. The average molecular weight is 570 g/mol. The number of piperazine rings is 1. The van der Waals surface area contributed by atoms with E-state index in [-0.39, 0.29) is 24.6 Å². The first-order valence-electron chi connectivity index (χ1n) is 13.6. The Hall–Kier alpha value is -4.99. The molecule has 2 heterocycles. The van der Waals surface area contributed by atoms with Crippen LogP contribution in [0.15, 0.2) is 84.9 Å². The number of aromatic nitrogens is 2. The molecule has 9 nitrogen and oxygen atoms in total. The lowest BCUT2D eigenvalue weighted by Gasteiger charge is -2.36. The van der Waals surface area contributed by atoms with Gasteiger partial charge in [0.2, 0.25) is 5.91 Å². The van der Waals surface area contributed by atoms with Crippen molar-refractivity contribution in [3.63, 3.8) is 0 Å². The minimum Gasteiger partial charge on any atom is -0.493 e. The van der Waals surface area contributed by atoms with Crippen molar-refractivity contribution in [2.45, 2.75) is 6.54 Å². The zero-order valence-corrected chi connectivity index (χ0v) is 23.6. The van der Waals surface area contributed by atoms with Crippen molar-refractivity contribution in [2.24, 2.45) is 0 Å². The van der Waals surface area contributed by atoms with Gasteiger partial charge in [-0.05, 0) is 54.1 Å². The van der Waals surface area contributed by atoms with Crippen molar-refractivity contribution in [3.8, 4) is 22.8 Å². The van der Waals surface area contributed by atoms with E-state index in [1.807, 2.05) is 60.7 Å². The maximum Gasteiger partial charge on any atom is 0.254 e. The topological polar surface area (TPSA) is 88.1 Å². The van der Waals surface area contributed by atoms with Gasteiger partial charge in [0.15, 0.2) is 17.3 Å². The number of benzene rings is 3. The molecule has 1 aliphatic heterocycles. The zero-order valence-electron chi connectivity index (χ0n) is 23.6. The average Bonchev–Trinajstić information content (AvgIpc) is 3.04. The number of amides is 2. The standard InChI is InChI=1S/C32H32FN5O4/c1-41-28-13-11-24(20-29(28)42-2)27-12-14-30(35-34-27)36-15-17-37(18-16-36)31(39)22-38(21-23-7-4-3-5-8-23)32(40)25-9-6-10-26(33)19-25/h3-14,19-20H,15-18,21-22H2,1-2H3. The Morgan fingerprint density at radius 3 is 2.26 bits per heavy atom. The quantitative estimate of drug-likeness (QED) is 0.297. The smallest absolute Gasteiger partial charge is 0.254 e. The monoisotopic (exact) mass is 569 g/mol. The van der Waals surface area contributed by atoms with E-state index in [1.54, 1.807) is 25.2 Å². The molecule has 0 aliphatic carbocycles. The SMILES string of the molecule is COc1ccc(-c2ccc(N3CCN(C(=O)CN(Cc4ccccc4)C(=O)c4cccc(F)c4)CC3)nn2)cc1OC. The first-order valence-corrected chi connectivity index (χ1v) is 13.6. The van der Waals surface area contributed by atoms with Crippen LogP contribution < -0.4 is 14.4 Å². The van der Waals surface area contributed by atoms with Crippen LogP contribution in [0.1, 0.15) is 15.9 Å². The summed E-state index contributed by atoms with van der Waals surface area (Å²) in [5.74, 6) is 0.919. The van der Waals surface area contributed by atoms with Gasteiger partial charge in [-0.2, -0.15) is 0 Å². The molecule has 1 saturated heterocycles. The Balaban J connectivity index is 1.22. The Morgan fingerprint density at radius 2 is 1.60 bits per heavy atom. The second-order valence-electron chi connectivity index (χ2n) is 9.87. The molecule has 2 amide bonds. The van der Waals surface area contributed by atoms with Gasteiger partial charge in [0.25, 0.3) is 5.91 Å². The number of ether oxygens (including phenoxy) is 2. The molecular formula is C32H32FN5O4. The van der Waals surface area contributed by atoms with Gasteiger partial charge < -0.3 is 24.2 Å². The van der Waals surface area contributed by atoms with Crippen LogP contribution in [0.3, 0.4) is 0 Å². The first-order chi connectivity index (χ1) is 20.4. The lowest BCUT2D eigenvalue weighted by molar-refractivity contribution is -0.132. The molecule has 216 valence electrons. The van der Waals surface area contributed by atoms with E-state index in [1.165, 1.54) is 23.1 Å². The van der Waals surface area contributed by atoms with Crippen molar-refractivity contribution in [3.05, 3.63) is 102 Å². The number of hydrogen-bond acceptors (Lipinski definition) is 7. The van der Waals surface area contributed by atoms with Crippen LogP contribution in [-0.4, -0.2) is 78.8 Å². The van der Waals surface area contributed by atoms with Crippen LogP contribution in [0.25, 0.3) is 11.3 Å². The highest BCUT2D eigenvalue weighted by molar-refractivity contribution is 5.96. The summed E-state index contributed by atoms with van der Waals surface area (Å²) in [5, 5.41) is 8.83. The molecule has 5 rings (SSSR count). The molecule has 0 bridgehead atoms. The molecule has 0 saturated carbocycles. The second kappa shape index (κ2) is 13.1.